The Kier molecular flexibility index (Phi) is 6.74. The number of hydrogen-bond donors (Lipinski definition) is 1. The number of benzene rings is 2. The Morgan fingerprint density at radius 1 is 0.846 bits per heavy atom. The molecule has 142 valence electrons. The molecule has 0 bridgehead atoms. The Bertz CT molecular complexity index is 732. The molecule has 0 aliphatic rings. The average molecular weight is 369 g/mol. The molecule has 0 atom stereocenters. The first kappa shape index (κ1) is 19.9. The summed E-state index contributed by atoms with van der Waals surface area (Å²) >= 11 is 0. The van der Waals surface area contributed by atoms with Gasteiger partial charge in [0.2, 0.25) is 0 Å². The molecular formula is C19H22F3NO3. The number of rotatable bonds is 8. The van der Waals surface area contributed by atoms with Gasteiger partial charge in [0.25, 0.3) is 0 Å². The quantitative estimate of drug-likeness (QED) is 0.713. The third-order valence-corrected chi connectivity index (χ3v) is 3.99. The molecular weight excluding hydrogens is 347 g/mol. The second kappa shape index (κ2) is 8.80. The topological polar surface area (TPSA) is 39.7 Å². The van der Waals surface area contributed by atoms with E-state index in [1.165, 1.54) is 20.3 Å². The van der Waals surface area contributed by atoms with Gasteiger partial charge in [-0.3, -0.25) is 0 Å². The van der Waals surface area contributed by atoms with Crippen LogP contribution in [0.3, 0.4) is 0 Å². The van der Waals surface area contributed by atoms with E-state index in [-0.39, 0.29) is 11.5 Å². The second-order valence-electron chi connectivity index (χ2n) is 5.60. The Labute approximate surface area is 150 Å². The van der Waals surface area contributed by atoms with E-state index in [1.807, 2.05) is 24.3 Å². The van der Waals surface area contributed by atoms with Crippen LogP contribution in [0.2, 0.25) is 0 Å². The summed E-state index contributed by atoms with van der Waals surface area (Å²) in [6.45, 7) is 1.15. The van der Waals surface area contributed by atoms with E-state index in [0.717, 1.165) is 17.4 Å². The molecule has 0 aromatic heterocycles. The highest BCUT2D eigenvalue weighted by molar-refractivity contribution is 5.48. The van der Waals surface area contributed by atoms with Gasteiger partial charge in [0, 0.05) is 12.1 Å². The lowest BCUT2D eigenvalue weighted by molar-refractivity contribution is -0.138. The van der Waals surface area contributed by atoms with Crippen molar-refractivity contribution in [2.45, 2.75) is 19.1 Å². The number of alkyl halides is 3. The highest BCUT2D eigenvalue weighted by Crippen LogP contribution is 2.40. The fraction of sp³-hybridized carbons (Fsp3) is 0.368. The van der Waals surface area contributed by atoms with Crippen molar-refractivity contribution in [3.05, 3.63) is 53.1 Å². The fourth-order valence-electron chi connectivity index (χ4n) is 2.67. The molecule has 0 aliphatic heterocycles. The summed E-state index contributed by atoms with van der Waals surface area (Å²) in [5.41, 5.74) is 0.805. The van der Waals surface area contributed by atoms with Crippen LogP contribution in [0.25, 0.3) is 0 Å². The summed E-state index contributed by atoms with van der Waals surface area (Å²) in [6.07, 6.45) is -4.01. The molecule has 26 heavy (non-hydrogen) atoms. The van der Waals surface area contributed by atoms with Crippen LogP contribution in [0, 0.1) is 0 Å². The van der Waals surface area contributed by atoms with Gasteiger partial charge in [0.1, 0.15) is 22.8 Å². The Morgan fingerprint density at radius 3 is 2.12 bits per heavy atom. The average Bonchev–Trinajstić information content (AvgIpc) is 2.64. The number of methoxy groups -OCH3 is 3. The van der Waals surface area contributed by atoms with E-state index < -0.39 is 11.7 Å². The molecule has 1 N–H and O–H groups in total. The van der Waals surface area contributed by atoms with Gasteiger partial charge in [-0.05, 0) is 36.7 Å². The zero-order chi connectivity index (χ0) is 19.2. The van der Waals surface area contributed by atoms with Crippen LogP contribution >= 0.6 is 0 Å². The maximum absolute atomic E-state index is 13.1. The Balaban J connectivity index is 2.07. The predicted octanol–water partition coefficient (Wildman–Crippen LogP) is 4.06. The Morgan fingerprint density at radius 2 is 1.50 bits per heavy atom. The number of para-hydroxylation sites is 1. The first-order chi connectivity index (χ1) is 12.4. The van der Waals surface area contributed by atoms with Gasteiger partial charge in [0.05, 0.1) is 21.3 Å². The van der Waals surface area contributed by atoms with Crippen molar-refractivity contribution in [3.8, 4) is 17.2 Å². The highest BCUT2D eigenvalue weighted by atomic mass is 19.4. The van der Waals surface area contributed by atoms with Gasteiger partial charge < -0.3 is 19.5 Å². The van der Waals surface area contributed by atoms with Gasteiger partial charge >= 0.3 is 6.18 Å². The highest BCUT2D eigenvalue weighted by Gasteiger charge is 2.35. The normalized spacial score (nSPS) is 11.3. The molecule has 0 radical (unpaired) electrons. The van der Waals surface area contributed by atoms with Crippen LogP contribution in [0.1, 0.15) is 16.7 Å². The lowest BCUT2D eigenvalue weighted by Gasteiger charge is -2.17. The van der Waals surface area contributed by atoms with Crippen molar-refractivity contribution >= 4 is 0 Å². The van der Waals surface area contributed by atoms with Gasteiger partial charge in [-0.15, -0.1) is 0 Å². The van der Waals surface area contributed by atoms with Crippen molar-refractivity contribution < 1.29 is 27.4 Å². The lowest BCUT2D eigenvalue weighted by atomic mass is 10.1. The molecule has 4 nitrogen and oxygen atoms in total. The number of nitrogens with one attached hydrogen (secondary N) is 1. The van der Waals surface area contributed by atoms with Crippen LogP contribution < -0.4 is 19.5 Å². The van der Waals surface area contributed by atoms with Crippen LogP contribution in [-0.2, 0) is 19.1 Å². The first-order valence-corrected chi connectivity index (χ1v) is 8.05. The largest absolute Gasteiger partial charge is 0.496 e. The predicted molar refractivity (Wildman–Crippen MR) is 93.0 cm³/mol. The number of ether oxygens (including phenoxy) is 3. The van der Waals surface area contributed by atoms with Crippen LogP contribution in [0.4, 0.5) is 13.2 Å². The third kappa shape index (κ3) is 4.82. The third-order valence-electron chi connectivity index (χ3n) is 3.99. The van der Waals surface area contributed by atoms with E-state index in [9.17, 15) is 13.2 Å². The van der Waals surface area contributed by atoms with Gasteiger partial charge in [-0.1, -0.05) is 18.2 Å². The molecule has 0 unspecified atom stereocenters. The smallest absolute Gasteiger partial charge is 0.420 e. The van der Waals surface area contributed by atoms with E-state index in [2.05, 4.69) is 5.32 Å². The van der Waals surface area contributed by atoms with Crippen molar-refractivity contribution in [2.24, 2.45) is 0 Å². The van der Waals surface area contributed by atoms with Crippen molar-refractivity contribution in [3.63, 3.8) is 0 Å². The minimum absolute atomic E-state index is 0.192. The van der Waals surface area contributed by atoms with Crippen LogP contribution in [0.15, 0.2) is 36.4 Å². The summed E-state index contributed by atoms with van der Waals surface area (Å²) < 4.78 is 54.6. The minimum atomic E-state index is -4.50. The van der Waals surface area contributed by atoms with Gasteiger partial charge in [-0.25, -0.2) is 0 Å². The van der Waals surface area contributed by atoms with E-state index in [0.29, 0.717) is 25.1 Å². The monoisotopic (exact) mass is 369 g/mol. The van der Waals surface area contributed by atoms with Crippen molar-refractivity contribution in [1.29, 1.82) is 0 Å². The molecule has 2 aromatic rings. The standard InChI is InChI=1S/C19H22F3NO3/c1-24-16-7-5-4-6-14(16)12-23-9-8-13-10-18(26-3)15(19(20,21)22)11-17(13)25-2/h4-7,10-11,23H,8-9,12H2,1-3H3. The summed E-state index contributed by atoms with van der Waals surface area (Å²) in [5, 5.41) is 3.26. The fourth-order valence-corrected chi connectivity index (χ4v) is 2.67. The summed E-state index contributed by atoms with van der Waals surface area (Å²) in [7, 11) is 4.19. The van der Waals surface area contributed by atoms with E-state index >= 15 is 0 Å². The second-order valence-corrected chi connectivity index (χ2v) is 5.60. The van der Waals surface area contributed by atoms with Gasteiger partial charge in [0.15, 0.2) is 0 Å². The SMILES string of the molecule is COc1cc(C(F)(F)F)c(OC)cc1CCNCc1ccccc1OC. The molecule has 0 saturated carbocycles. The van der Waals surface area contributed by atoms with Crippen LogP contribution in [-0.4, -0.2) is 27.9 Å². The number of halogens is 3. The molecule has 0 fully saturated rings. The molecule has 0 saturated heterocycles. The van der Waals surface area contributed by atoms with Crippen molar-refractivity contribution in [1.82, 2.24) is 5.32 Å². The molecule has 0 amide bonds. The van der Waals surface area contributed by atoms with E-state index in [1.54, 1.807) is 7.11 Å². The van der Waals surface area contributed by atoms with E-state index in [4.69, 9.17) is 14.2 Å². The zero-order valence-electron chi connectivity index (χ0n) is 14.9. The molecule has 2 aromatic carbocycles. The van der Waals surface area contributed by atoms with Gasteiger partial charge in [-0.2, -0.15) is 13.2 Å². The Hall–Kier alpha value is -2.41. The number of hydrogen-bond acceptors (Lipinski definition) is 4. The summed E-state index contributed by atoms with van der Waals surface area (Å²) in [5.74, 6) is 0.768. The summed E-state index contributed by atoms with van der Waals surface area (Å²) in [4.78, 5) is 0. The molecule has 7 heteroatoms. The maximum Gasteiger partial charge on any atom is 0.420 e. The molecule has 0 aliphatic carbocycles. The van der Waals surface area contributed by atoms with Crippen LogP contribution in [0.5, 0.6) is 17.2 Å². The maximum atomic E-state index is 13.1. The molecule has 0 spiro atoms. The van der Waals surface area contributed by atoms with Crippen molar-refractivity contribution in [2.75, 3.05) is 27.9 Å². The zero-order valence-corrected chi connectivity index (χ0v) is 14.9. The molecule has 2 rings (SSSR count). The first-order valence-electron chi connectivity index (χ1n) is 8.05. The summed E-state index contributed by atoms with van der Waals surface area (Å²) in [6, 6.07) is 10.0. The molecule has 0 heterocycles. The lowest BCUT2D eigenvalue weighted by Crippen LogP contribution is -2.18. The minimum Gasteiger partial charge on any atom is -0.496 e.